The van der Waals surface area contributed by atoms with Gasteiger partial charge in [-0.2, -0.15) is 0 Å². The molecule has 0 aromatic rings. The quantitative estimate of drug-likeness (QED) is 0.868. The Bertz CT molecular complexity index is 406. The maximum absolute atomic E-state index is 12.9. The van der Waals surface area contributed by atoms with E-state index in [1.807, 2.05) is 7.05 Å². The largest absolute Gasteiger partial charge is 0.378 e. The Balaban J connectivity index is 1.66. The Morgan fingerprint density at radius 3 is 2.68 bits per heavy atom. The summed E-state index contributed by atoms with van der Waals surface area (Å²) in [4.78, 5) is 15.0. The second-order valence-corrected chi connectivity index (χ2v) is 7.66. The van der Waals surface area contributed by atoms with Crippen molar-refractivity contribution in [3.63, 3.8) is 0 Å². The van der Waals surface area contributed by atoms with Crippen molar-refractivity contribution < 1.29 is 9.53 Å². The zero-order chi connectivity index (χ0) is 15.7. The Hall–Kier alpha value is -0.610. The van der Waals surface area contributed by atoms with E-state index in [0.29, 0.717) is 24.1 Å². The lowest BCUT2D eigenvalue weighted by Crippen LogP contribution is -2.64. The molecular formula is C18H32N2O2. The Morgan fingerprint density at radius 1 is 1.32 bits per heavy atom. The fraction of sp³-hybridized carbons (Fsp3) is 0.944. The molecule has 4 atom stereocenters. The van der Waals surface area contributed by atoms with Crippen LogP contribution in [0.15, 0.2) is 0 Å². The standard InChI is InChI=1S/C18H32N2O2/c1-4-22-16-12-15(18(16)8-5-6-9-18)20(3)17(21)14-7-10-19-13(2)11-14/h13-16,19H,4-12H2,1-3H3/t13-,14-,15?,16?/m0/s1. The highest BCUT2D eigenvalue weighted by Gasteiger charge is 2.59. The molecule has 4 nitrogen and oxygen atoms in total. The van der Waals surface area contributed by atoms with E-state index in [4.69, 9.17) is 4.74 Å². The van der Waals surface area contributed by atoms with Gasteiger partial charge in [-0.15, -0.1) is 0 Å². The van der Waals surface area contributed by atoms with Crippen molar-refractivity contribution in [2.24, 2.45) is 11.3 Å². The van der Waals surface area contributed by atoms with Crippen LogP contribution < -0.4 is 5.32 Å². The van der Waals surface area contributed by atoms with Crippen molar-refractivity contribution in [1.29, 1.82) is 0 Å². The topological polar surface area (TPSA) is 41.6 Å². The first-order chi connectivity index (χ1) is 10.6. The molecule has 3 fully saturated rings. The molecule has 2 saturated carbocycles. The summed E-state index contributed by atoms with van der Waals surface area (Å²) >= 11 is 0. The number of piperidine rings is 1. The van der Waals surface area contributed by atoms with Crippen molar-refractivity contribution in [2.45, 2.75) is 77.0 Å². The van der Waals surface area contributed by atoms with Gasteiger partial charge in [0.15, 0.2) is 0 Å². The fourth-order valence-electron chi connectivity index (χ4n) is 5.19. The van der Waals surface area contributed by atoms with Crippen molar-refractivity contribution in [2.75, 3.05) is 20.2 Å². The molecule has 2 aliphatic carbocycles. The van der Waals surface area contributed by atoms with Crippen LogP contribution in [-0.4, -0.2) is 49.2 Å². The minimum Gasteiger partial charge on any atom is -0.378 e. The van der Waals surface area contributed by atoms with Gasteiger partial charge in [-0.3, -0.25) is 4.79 Å². The maximum atomic E-state index is 12.9. The van der Waals surface area contributed by atoms with Crippen LogP contribution in [0.25, 0.3) is 0 Å². The summed E-state index contributed by atoms with van der Waals surface area (Å²) in [6.45, 7) is 6.04. The van der Waals surface area contributed by atoms with Crippen LogP contribution in [0.5, 0.6) is 0 Å². The van der Waals surface area contributed by atoms with E-state index in [2.05, 4.69) is 24.1 Å². The summed E-state index contributed by atoms with van der Waals surface area (Å²) < 4.78 is 5.99. The van der Waals surface area contributed by atoms with Crippen LogP contribution in [0.2, 0.25) is 0 Å². The van der Waals surface area contributed by atoms with Crippen LogP contribution in [0.4, 0.5) is 0 Å². The monoisotopic (exact) mass is 308 g/mol. The maximum Gasteiger partial charge on any atom is 0.225 e. The molecule has 4 heteroatoms. The van der Waals surface area contributed by atoms with Crippen LogP contribution in [0.1, 0.15) is 58.8 Å². The summed E-state index contributed by atoms with van der Waals surface area (Å²) in [7, 11) is 2.04. The van der Waals surface area contributed by atoms with Gasteiger partial charge in [0.2, 0.25) is 5.91 Å². The van der Waals surface area contributed by atoms with Crippen molar-refractivity contribution in [3.05, 3.63) is 0 Å². The highest BCUT2D eigenvalue weighted by Crippen LogP contribution is 2.56. The highest BCUT2D eigenvalue weighted by molar-refractivity contribution is 5.79. The molecule has 1 aliphatic heterocycles. The van der Waals surface area contributed by atoms with Crippen molar-refractivity contribution in [1.82, 2.24) is 10.2 Å². The third kappa shape index (κ3) is 2.69. The number of carbonyl (C=O) groups excluding carboxylic acids is 1. The number of rotatable bonds is 4. The van der Waals surface area contributed by atoms with Gasteiger partial charge in [0, 0.05) is 37.1 Å². The van der Waals surface area contributed by atoms with E-state index in [9.17, 15) is 4.79 Å². The molecule has 126 valence electrons. The second-order valence-electron chi connectivity index (χ2n) is 7.66. The summed E-state index contributed by atoms with van der Waals surface area (Å²) in [5.74, 6) is 0.588. The second kappa shape index (κ2) is 6.48. The van der Waals surface area contributed by atoms with Gasteiger partial charge in [0.05, 0.1) is 6.10 Å². The van der Waals surface area contributed by atoms with E-state index >= 15 is 0 Å². The first-order valence-corrected chi connectivity index (χ1v) is 9.20. The Morgan fingerprint density at radius 2 is 2.05 bits per heavy atom. The lowest BCUT2D eigenvalue weighted by molar-refractivity contribution is -0.175. The average molecular weight is 308 g/mol. The molecule has 0 radical (unpaired) electrons. The molecule has 1 saturated heterocycles. The van der Waals surface area contributed by atoms with Gasteiger partial charge in [-0.05, 0) is 52.5 Å². The fourth-order valence-corrected chi connectivity index (χ4v) is 5.19. The minimum absolute atomic E-state index is 0.214. The first kappa shape index (κ1) is 16.3. The number of amides is 1. The third-order valence-electron chi connectivity index (χ3n) is 6.43. The molecule has 0 aromatic heterocycles. The molecule has 1 amide bonds. The molecule has 2 unspecified atom stereocenters. The molecule has 22 heavy (non-hydrogen) atoms. The van der Waals surface area contributed by atoms with E-state index in [0.717, 1.165) is 32.4 Å². The summed E-state index contributed by atoms with van der Waals surface area (Å²) in [5.41, 5.74) is 0.263. The SMILES string of the molecule is CCOC1CC(N(C)C(=O)[C@H]2CCN[C@@H](C)C2)C12CCCC2. The number of nitrogens with zero attached hydrogens (tertiary/aromatic N) is 1. The van der Waals surface area contributed by atoms with Gasteiger partial charge >= 0.3 is 0 Å². The molecular weight excluding hydrogens is 276 g/mol. The predicted molar refractivity (Wildman–Crippen MR) is 87.7 cm³/mol. The summed E-state index contributed by atoms with van der Waals surface area (Å²) in [5, 5.41) is 3.44. The van der Waals surface area contributed by atoms with E-state index in [1.165, 1.54) is 25.7 Å². The van der Waals surface area contributed by atoms with E-state index < -0.39 is 0 Å². The average Bonchev–Trinajstić information content (AvgIpc) is 3.02. The van der Waals surface area contributed by atoms with Gasteiger partial charge in [-0.25, -0.2) is 0 Å². The van der Waals surface area contributed by atoms with Crippen molar-refractivity contribution in [3.8, 4) is 0 Å². The van der Waals surface area contributed by atoms with Crippen LogP contribution in [0.3, 0.4) is 0 Å². The highest BCUT2D eigenvalue weighted by atomic mass is 16.5. The Labute approximate surface area is 135 Å². The molecule has 1 spiro atoms. The predicted octanol–water partition coefficient (Wildman–Crippen LogP) is 2.57. The van der Waals surface area contributed by atoms with Gasteiger partial charge in [0.25, 0.3) is 0 Å². The lowest BCUT2D eigenvalue weighted by Gasteiger charge is -2.57. The molecule has 3 aliphatic rings. The van der Waals surface area contributed by atoms with Crippen LogP contribution in [-0.2, 0) is 9.53 Å². The van der Waals surface area contributed by atoms with E-state index in [-0.39, 0.29) is 11.3 Å². The number of hydrogen-bond acceptors (Lipinski definition) is 3. The molecule has 1 N–H and O–H groups in total. The number of nitrogens with one attached hydrogen (secondary N) is 1. The zero-order valence-electron chi connectivity index (χ0n) is 14.4. The smallest absolute Gasteiger partial charge is 0.225 e. The van der Waals surface area contributed by atoms with Crippen LogP contribution >= 0.6 is 0 Å². The number of ether oxygens (including phenoxy) is 1. The molecule has 1 heterocycles. The molecule has 0 aromatic carbocycles. The van der Waals surface area contributed by atoms with Crippen LogP contribution in [0, 0.1) is 11.3 Å². The first-order valence-electron chi connectivity index (χ1n) is 9.20. The number of hydrogen-bond donors (Lipinski definition) is 1. The zero-order valence-corrected chi connectivity index (χ0v) is 14.4. The van der Waals surface area contributed by atoms with E-state index in [1.54, 1.807) is 0 Å². The third-order valence-corrected chi connectivity index (χ3v) is 6.43. The lowest BCUT2D eigenvalue weighted by atomic mass is 9.60. The molecule has 0 bridgehead atoms. The summed E-state index contributed by atoms with van der Waals surface area (Å²) in [6, 6.07) is 0.873. The van der Waals surface area contributed by atoms with Crippen molar-refractivity contribution >= 4 is 5.91 Å². The normalized spacial score (nSPS) is 37.0. The van der Waals surface area contributed by atoms with Gasteiger partial charge in [0.1, 0.15) is 0 Å². The van der Waals surface area contributed by atoms with Gasteiger partial charge < -0.3 is 15.0 Å². The minimum atomic E-state index is 0.214. The summed E-state index contributed by atoms with van der Waals surface area (Å²) in [6.07, 6.45) is 8.47. The van der Waals surface area contributed by atoms with Gasteiger partial charge in [-0.1, -0.05) is 12.8 Å². The molecule has 3 rings (SSSR count). The number of carbonyl (C=O) groups is 1. The Kier molecular flexibility index (Phi) is 4.79.